The highest BCUT2D eigenvalue weighted by Crippen LogP contribution is 2.29. The lowest BCUT2D eigenvalue weighted by molar-refractivity contribution is -0.138. The molecule has 1 amide bonds. The second-order valence-electron chi connectivity index (χ2n) is 7.95. The molecule has 0 saturated heterocycles. The molecule has 0 fully saturated rings. The monoisotopic (exact) mass is 490 g/mol. The third-order valence-electron chi connectivity index (χ3n) is 5.06. The van der Waals surface area contributed by atoms with Gasteiger partial charge in [-0.3, -0.25) is 14.6 Å². The molecule has 3 rings (SSSR count). The maximum atomic E-state index is 13.0. The Hall–Kier alpha value is -3.51. The van der Waals surface area contributed by atoms with Gasteiger partial charge >= 0.3 is 5.97 Å². The average Bonchev–Trinajstić information content (AvgIpc) is 3.15. The highest BCUT2D eigenvalue weighted by atomic mass is 32.2. The van der Waals surface area contributed by atoms with Crippen molar-refractivity contribution >= 4 is 40.2 Å². The normalized spacial score (nSPS) is 20.5. The van der Waals surface area contributed by atoms with Gasteiger partial charge < -0.3 is 24.9 Å². The maximum absolute atomic E-state index is 13.0. The molecule has 3 N–H and O–H groups in total. The number of aliphatic imine (C=N–C) groups is 1. The SMILES string of the molecule is CC(=O)Nc1ccc(S(=O)(=O)N[C@H](C=O)CC(=O)O)c(O[C@H](C)CN2C=NC3C=CC=CC32)c1. The summed E-state index contributed by atoms with van der Waals surface area (Å²) in [6.07, 6.45) is 8.60. The average molecular weight is 491 g/mol. The van der Waals surface area contributed by atoms with Crippen LogP contribution in [0.2, 0.25) is 0 Å². The molecule has 2 unspecified atom stereocenters. The minimum Gasteiger partial charge on any atom is -0.487 e. The standard InChI is InChI=1S/C22H26N4O7S/c1-14(11-26-13-23-18-5-3-4-6-19(18)26)33-20-9-16(24-15(2)28)7-8-21(20)34(31,32)25-17(12-27)10-22(29)30/h3-9,12-14,17-19,25H,10-11H2,1-2H3,(H,24,28)(H,29,30)/t14-,17+,18?,19?/m1/s1. The molecule has 0 aromatic heterocycles. The fourth-order valence-electron chi connectivity index (χ4n) is 3.66. The lowest BCUT2D eigenvalue weighted by atomic mass is 10.0. The number of ether oxygens (including phenoxy) is 1. The van der Waals surface area contributed by atoms with Gasteiger partial charge in [-0.15, -0.1) is 0 Å². The van der Waals surface area contributed by atoms with Crippen molar-refractivity contribution in [1.82, 2.24) is 9.62 Å². The van der Waals surface area contributed by atoms with E-state index in [-0.39, 0.29) is 34.9 Å². The summed E-state index contributed by atoms with van der Waals surface area (Å²) in [7, 11) is -4.33. The number of hydrogen-bond donors (Lipinski definition) is 3. The first-order valence-corrected chi connectivity index (χ1v) is 12.0. The molecule has 1 aromatic rings. The first-order valence-electron chi connectivity index (χ1n) is 10.5. The van der Waals surface area contributed by atoms with Gasteiger partial charge in [0.1, 0.15) is 23.0 Å². The molecule has 34 heavy (non-hydrogen) atoms. The number of fused-ring (bicyclic) bond motifs is 1. The molecule has 0 radical (unpaired) electrons. The van der Waals surface area contributed by atoms with Gasteiger partial charge in [-0.2, -0.15) is 0 Å². The summed E-state index contributed by atoms with van der Waals surface area (Å²) in [6, 6.07) is 2.55. The fraction of sp³-hybridized carbons (Fsp3) is 0.364. The Kier molecular flexibility index (Phi) is 7.84. The number of sulfonamides is 1. The third kappa shape index (κ3) is 6.29. The lowest BCUT2D eigenvalue weighted by Gasteiger charge is -2.29. The van der Waals surface area contributed by atoms with E-state index < -0.39 is 34.6 Å². The van der Waals surface area contributed by atoms with Crippen LogP contribution in [0, 0.1) is 0 Å². The summed E-state index contributed by atoms with van der Waals surface area (Å²) in [5.74, 6) is -1.74. The number of nitrogens with zero attached hydrogens (tertiary/aromatic N) is 2. The van der Waals surface area contributed by atoms with Crippen molar-refractivity contribution in [3.05, 3.63) is 42.5 Å². The molecule has 1 heterocycles. The zero-order valence-corrected chi connectivity index (χ0v) is 19.4. The second kappa shape index (κ2) is 10.6. The largest absolute Gasteiger partial charge is 0.487 e. The second-order valence-corrected chi connectivity index (χ2v) is 9.63. The first-order chi connectivity index (χ1) is 16.1. The summed E-state index contributed by atoms with van der Waals surface area (Å²) >= 11 is 0. The quantitative estimate of drug-likeness (QED) is 0.387. The molecule has 12 heteroatoms. The number of hydrogen-bond acceptors (Lipinski definition) is 8. The topological polar surface area (TPSA) is 154 Å². The molecular formula is C22H26N4O7S. The summed E-state index contributed by atoms with van der Waals surface area (Å²) in [6.45, 7) is 3.47. The van der Waals surface area contributed by atoms with Crippen LogP contribution >= 0.6 is 0 Å². The van der Waals surface area contributed by atoms with Crippen molar-refractivity contribution < 1.29 is 32.6 Å². The molecule has 0 saturated carbocycles. The third-order valence-corrected chi connectivity index (χ3v) is 6.59. The smallest absolute Gasteiger partial charge is 0.305 e. The molecule has 0 bridgehead atoms. The summed E-state index contributed by atoms with van der Waals surface area (Å²) in [5, 5.41) is 11.5. The molecule has 11 nitrogen and oxygen atoms in total. The van der Waals surface area contributed by atoms with Crippen molar-refractivity contribution in [2.24, 2.45) is 4.99 Å². The van der Waals surface area contributed by atoms with E-state index in [9.17, 15) is 22.8 Å². The summed E-state index contributed by atoms with van der Waals surface area (Å²) < 4.78 is 34.0. The number of anilines is 1. The van der Waals surface area contributed by atoms with Crippen LogP contribution in [-0.4, -0.2) is 73.7 Å². The minimum absolute atomic E-state index is 0.00921. The fourth-order valence-corrected chi connectivity index (χ4v) is 4.94. The van der Waals surface area contributed by atoms with Crippen LogP contribution in [0.25, 0.3) is 0 Å². The Balaban J connectivity index is 1.83. The number of nitrogens with one attached hydrogen (secondary N) is 2. The Morgan fingerprint density at radius 2 is 2.03 bits per heavy atom. The maximum Gasteiger partial charge on any atom is 0.305 e. The van der Waals surface area contributed by atoms with Crippen LogP contribution < -0.4 is 14.8 Å². The number of aliphatic carboxylic acids is 1. The Morgan fingerprint density at radius 1 is 1.29 bits per heavy atom. The van der Waals surface area contributed by atoms with E-state index >= 15 is 0 Å². The molecule has 182 valence electrons. The zero-order valence-electron chi connectivity index (χ0n) is 18.6. The van der Waals surface area contributed by atoms with Crippen LogP contribution in [0.3, 0.4) is 0 Å². The van der Waals surface area contributed by atoms with E-state index in [1.54, 1.807) is 13.3 Å². The van der Waals surface area contributed by atoms with E-state index in [0.29, 0.717) is 12.2 Å². The number of amides is 1. The predicted molar refractivity (Wildman–Crippen MR) is 124 cm³/mol. The molecule has 1 aliphatic carbocycles. The molecular weight excluding hydrogens is 464 g/mol. The van der Waals surface area contributed by atoms with E-state index in [1.165, 1.54) is 25.1 Å². The lowest BCUT2D eigenvalue weighted by Crippen LogP contribution is -2.41. The molecule has 2 aliphatic rings. The van der Waals surface area contributed by atoms with Crippen LogP contribution in [-0.2, 0) is 24.4 Å². The van der Waals surface area contributed by atoms with Crippen molar-refractivity contribution in [3.63, 3.8) is 0 Å². The van der Waals surface area contributed by atoms with E-state index in [1.807, 2.05) is 29.2 Å². The molecule has 1 aromatic carbocycles. The first kappa shape index (κ1) is 25.1. The highest BCUT2D eigenvalue weighted by Gasteiger charge is 2.30. The number of benzene rings is 1. The van der Waals surface area contributed by atoms with Crippen molar-refractivity contribution in [3.8, 4) is 5.75 Å². The Labute approximate surface area is 197 Å². The number of carbonyl (C=O) groups excluding carboxylic acids is 2. The molecule has 4 atom stereocenters. The van der Waals surface area contributed by atoms with E-state index in [0.717, 1.165) is 0 Å². The zero-order chi connectivity index (χ0) is 24.9. The van der Waals surface area contributed by atoms with Crippen molar-refractivity contribution in [2.75, 3.05) is 11.9 Å². The van der Waals surface area contributed by atoms with E-state index in [4.69, 9.17) is 9.84 Å². The number of allylic oxidation sites excluding steroid dienone is 2. The summed E-state index contributed by atoms with van der Waals surface area (Å²) in [4.78, 5) is 39.7. The van der Waals surface area contributed by atoms with E-state index in [2.05, 4.69) is 15.0 Å². The minimum atomic E-state index is -4.33. The van der Waals surface area contributed by atoms with Crippen molar-refractivity contribution in [1.29, 1.82) is 0 Å². The predicted octanol–water partition coefficient (Wildman–Crippen LogP) is 0.940. The van der Waals surface area contributed by atoms with Gasteiger partial charge in [0.15, 0.2) is 0 Å². The van der Waals surface area contributed by atoms with Crippen LogP contribution in [0.1, 0.15) is 20.3 Å². The van der Waals surface area contributed by atoms with Gasteiger partial charge in [0, 0.05) is 18.7 Å². The Bertz CT molecular complexity index is 1150. The van der Waals surface area contributed by atoms with Gasteiger partial charge in [0.25, 0.3) is 0 Å². The van der Waals surface area contributed by atoms with Gasteiger partial charge in [-0.05, 0) is 19.1 Å². The number of aldehydes is 1. The van der Waals surface area contributed by atoms with Crippen molar-refractivity contribution in [2.45, 2.75) is 49.4 Å². The molecule has 0 spiro atoms. The van der Waals surface area contributed by atoms with Gasteiger partial charge in [-0.25, -0.2) is 13.1 Å². The highest BCUT2D eigenvalue weighted by molar-refractivity contribution is 7.89. The Morgan fingerprint density at radius 3 is 2.71 bits per heavy atom. The van der Waals surface area contributed by atoms with Crippen LogP contribution in [0.15, 0.2) is 52.4 Å². The summed E-state index contributed by atoms with van der Waals surface area (Å²) in [5.41, 5.74) is 0.314. The van der Waals surface area contributed by atoms with Crippen LogP contribution in [0.5, 0.6) is 5.75 Å². The number of carbonyl (C=O) groups is 3. The van der Waals surface area contributed by atoms with Gasteiger partial charge in [-0.1, -0.05) is 24.3 Å². The van der Waals surface area contributed by atoms with Crippen LogP contribution in [0.4, 0.5) is 5.69 Å². The number of carboxylic acids is 1. The number of rotatable bonds is 11. The number of carboxylic acid groups (broad SMARTS) is 1. The van der Waals surface area contributed by atoms with Gasteiger partial charge in [0.05, 0.1) is 37.4 Å². The molecule has 1 aliphatic heterocycles. The van der Waals surface area contributed by atoms with Gasteiger partial charge in [0.2, 0.25) is 15.9 Å².